The first-order chi connectivity index (χ1) is 21.0. The molecule has 46 heavy (non-hydrogen) atoms. The molecule has 15 nitrogen and oxygen atoms in total. The van der Waals surface area contributed by atoms with Gasteiger partial charge >= 0.3 is 23.3 Å². The molecular weight excluding hydrogens is 673 g/mol. The molecule has 2 N–H and O–H groups in total. The Kier molecular flexibility index (Phi) is 13.7. The zero-order valence-electron chi connectivity index (χ0n) is 28.2. The number of hydrogen-bond donors (Lipinski definition) is 2. The molecule has 1 atom stereocenters. The molecule has 0 saturated carbocycles. The third-order valence-corrected chi connectivity index (χ3v) is 18.1. The third-order valence-electron chi connectivity index (χ3n) is 6.59. The minimum atomic E-state index is -2.71. The monoisotopic (exact) mass is 720 g/mol. The van der Waals surface area contributed by atoms with E-state index in [0.29, 0.717) is 30.0 Å². The Morgan fingerprint density at radius 2 is 1.30 bits per heavy atom. The van der Waals surface area contributed by atoms with Crippen molar-refractivity contribution in [1.82, 2.24) is 5.06 Å². The van der Waals surface area contributed by atoms with Gasteiger partial charge in [-0.05, 0) is 90.3 Å². The van der Waals surface area contributed by atoms with Gasteiger partial charge in [0.2, 0.25) is 0 Å². The Balaban J connectivity index is 2.26. The number of benzene rings is 1. The number of ether oxygens (including phenoxy) is 3. The molecule has 1 fully saturated rings. The van der Waals surface area contributed by atoms with Gasteiger partial charge in [0, 0.05) is 12.8 Å². The first-order valence-electron chi connectivity index (χ1n) is 15.2. The minimum absolute atomic E-state index is 0.0217. The van der Waals surface area contributed by atoms with Crippen LogP contribution in [0.5, 0.6) is 11.5 Å². The summed E-state index contributed by atoms with van der Waals surface area (Å²) >= 11 is 0. The number of hydrogen-bond acceptors (Lipinski definition) is 13. The number of nitrogens with zero attached hydrogens (tertiary/aromatic N) is 2. The fraction of sp³-hybridized carbons (Fsp3) is 0.667. The van der Waals surface area contributed by atoms with Crippen molar-refractivity contribution in [2.45, 2.75) is 103 Å². The molecule has 0 aromatic heterocycles. The number of imide groups is 1. The van der Waals surface area contributed by atoms with Crippen LogP contribution in [0.2, 0.25) is 64.5 Å². The molecule has 2 rings (SSSR count). The van der Waals surface area contributed by atoms with Crippen LogP contribution in [0.3, 0.4) is 0 Å². The van der Waals surface area contributed by atoms with E-state index in [0.717, 1.165) is 0 Å². The predicted octanol–water partition coefficient (Wildman–Crippen LogP) is 5.24. The second kappa shape index (κ2) is 16.0. The van der Waals surface area contributed by atoms with E-state index in [2.05, 4.69) is 0 Å². The van der Waals surface area contributed by atoms with Gasteiger partial charge in [-0.2, -0.15) is 0 Å². The molecule has 19 heteroatoms. The third kappa shape index (κ3) is 13.6. The second-order valence-electron chi connectivity index (χ2n) is 13.3. The van der Waals surface area contributed by atoms with Gasteiger partial charge in [-0.3, -0.25) is 24.5 Å². The SMILES string of the molecule is CC(OC(=O)ON1C(=O)CCC1=O)c1cc(OCCC[Si](C)(C)O[Si](C)(C)O)c(OCCC[Si](C)(C)O[Si](C)(C)O)cc1[N+](=O)[O-]. The van der Waals surface area contributed by atoms with Gasteiger partial charge < -0.3 is 32.0 Å². The van der Waals surface area contributed by atoms with E-state index in [4.69, 9.17) is 27.3 Å². The fourth-order valence-corrected chi connectivity index (χ4v) is 18.7. The van der Waals surface area contributed by atoms with Gasteiger partial charge in [-0.1, -0.05) is 5.06 Å². The van der Waals surface area contributed by atoms with Crippen molar-refractivity contribution in [2.75, 3.05) is 13.2 Å². The topological polar surface area (TPSA) is 193 Å². The highest BCUT2D eigenvalue weighted by molar-refractivity contribution is 6.82. The molecule has 0 spiro atoms. The lowest BCUT2D eigenvalue weighted by Gasteiger charge is -2.30. The van der Waals surface area contributed by atoms with Crippen molar-refractivity contribution in [3.8, 4) is 11.5 Å². The molecule has 0 radical (unpaired) electrons. The lowest BCUT2D eigenvalue weighted by molar-refractivity contribution is -0.386. The van der Waals surface area contributed by atoms with E-state index in [9.17, 15) is 34.1 Å². The first kappa shape index (κ1) is 39.5. The van der Waals surface area contributed by atoms with Crippen LogP contribution in [0, 0.1) is 10.1 Å². The number of nitro benzene ring substituents is 1. The number of carbonyl (C=O) groups is 3. The summed E-state index contributed by atoms with van der Waals surface area (Å²) in [5.41, 5.74) is -0.425. The molecule has 1 aliphatic rings. The molecule has 260 valence electrons. The van der Waals surface area contributed by atoms with Crippen LogP contribution in [-0.2, 0) is 27.4 Å². The summed E-state index contributed by atoms with van der Waals surface area (Å²) in [4.78, 5) is 72.6. The number of carbonyl (C=O) groups excluding carboxylic acids is 3. The summed E-state index contributed by atoms with van der Waals surface area (Å²) in [7, 11) is -9.79. The summed E-state index contributed by atoms with van der Waals surface area (Å²) in [5, 5.41) is 12.4. The van der Waals surface area contributed by atoms with Crippen molar-refractivity contribution >= 4 is 57.4 Å². The van der Waals surface area contributed by atoms with Gasteiger partial charge in [-0.15, -0.1) is 0 Å². The standard InChI is InChI=1S/C27H48N2O13Si4/c1-20(39-27(32)40-28-25(30)12-13-26(28)31)21-18-23(37-14-10-16-43(2,3)41-45(6,7)35)24(19-22(21)29(33)34)38-15-11-17-44(4,5)42-46(8,9)36/h18-20,35-36H,10-17H2,1-9H3. The largest absolute Gasteiger partial charge is 0.534 e. The van der Waals surface area contributed by atoms with Crippen LogP contribution in [0.15, 0.2) is 12.1 Å². The van der Waals surface area contributed by atoms with Crippen LogP contribution in [0.25, 0.3) is 0 Å². The zero-order chi connectivity index (χ0) is 35.1. The summed E-state index contributed by atoms with van der Waals surface area (Å²) in [6.45, 7) is 16.6. The quantitative estimate of drug-likeness (QED) is 0.0500. The summed E-state index contributed by atoms with van der Waals surface area (Å²) in [6.07, 6.45) is -1.68. The molecule has 1 aromatic rings. The average molecular weight is 721 g/mol. The number of amides is 2. The zero-order valence-corrected chi connectivity index (χ0v) is 32.2. The molecule has 1 unspecified atom stereocenters. The van der Waals surface area contributed by atoms with Crippen LogP contribution in [-0.4, -0.2) is 84.5 Å². The molecule has 2 amide bonds. The lowest BCUT2D eigenvalue weighted by Crippen LogP contribution is -2.44. The smallest absolute Gasteiger partial charge is 0.490 e. The number of rotatable bonds is 18. The van der Waals surface area contributed by atoms with Gasteiger partial charge in [-0.25, -0.2) is 4.79 Å². The maximum absolute atomic E-state index is 12.4. The lowest BCUT2D eigenvalue weighted by atomic mass is 10.1. The van der Waals surface area contributed by atoms with Crippen LogP contribution in [0.4, 0.5) is 10.5 Å². The molecule has 0 aliphatic carbocycles. The average Bonchev–Trinajstić information content (AvgIpc) is 3.18. The van der Waals surface area contributed by atoms with Gasteiger partial charge in [0.05, 0.1) is 29.8 Å². The highest BCUT2D eigenvalue weighted by Crippen LogP contribution is 2.39. The van der Waals surface area contributed by atoms with Crippen LogP contribution in [0.1, 0.15) is 44.3 Å². The van der Waals surface area contributed by atoms with E-state index in [-0.39, 0.29) is 43.1 Å². The Bertz CT molecular complexity index is 1250. The van der Waals surface area contributed by atoms with Crippen LogP contribution < -0.4 is 9.47 Å². The van der Waals surface area contributed by atoms with E-state index < -0.39 is 68.4 Å². The summed E-state index contributed by atoms with van der Waals surface area (Å²) < 4.78 is 29.2. The predicted molar refractivity (Wildman–Crippen MR) is 177 cm³/mol. The Morgan fingerprint density at radius 3 is 1.72 bits per heavy atom. The molecule has 1 saturated heterocycles. The maximum Gasteiger partial charge on any atom is 0.534 e. The van der Waals surface area contributed by atoms with Crippen molar-refractivity contribution < 1.29 is 56.2 Å². The van der Waals surface area contributed by atoms with Gasteiger partial charge in [0.1, 0.15) is 6.10 Å². The van der Waals surface area contributed by atoms with Crippen molar-refractivity contribution in [1.29, 1.82) is 0 Å². The number of hydroxylamine groups is 2. The summed E-state index contributed by atoms with van der Waals surface area (Å²) in [6, 6.07) is 3.93. The molecule has 1 heterocycles. The summed E-state index contributed by atoms with van der Waals surface area (Å²) in [5.74, 6) is -1.09. The molecule has 1 aliphatic heterocycles. The molecule has 0 bridgehead atoms. The first-order valence-corrected chi connectivity index (χ1v) is 27.1. The van der Waals surface area contributed by atoms with Gasteiger partial charge in [0.15, 0.2) is 28.1 Å². The van der Waals surface area contributed by atoms with Crippen molar-refractivity contribution in [2.24, 2.45) is 0 Å². The van der Waals surface area contributed by atoms with E-state index >= 15 is 0 Å². The van der Waals surface area contributed by atoms with Crippen molar-refractivity contribution in [3.05, 3.63) is 27.8 Å². The fourth-order valence-electron chi connectivity index (χ4n) is 5.05. The normalized spacial score (nSPS) is 15.2. The maximum atomic E-state index is 12.4. The number of nitro groups is 1. The minimum Gasteiger partial charge on any atom is -0.490 e. The van der Waals surface area contributed by atoms with E-state index in [1.54, 1.807) is 26.2 Å². The van der Waals surface area contributed by atoms with Gasteiger partial charge in [0.25, 0.3) is 17.5 Å². The Labute approximate surface area is 273 Å². The second-order valence-corrected chi connectivity index (χ2v) is 28.8. The van der Waals surface area contributed by atoms with E-state index in [1.807, 2.05) is 26.2 Å². The molecule has 1 aromatic carbocycles. The van der Waals surface area contributed by atoms with E-state index in [1.165, 1.54) is 19.1 Å². The highest BCUT2D eigenvalue weighted by Gasteiger charge is 2.36. The highest BCUT2D eigenvalue weighted by atomic mass is 28.4. The Hall–Kier alpha value is -2.66. The molecular formula is C27H48N2O13Si4. The van der Waals surface area contributed by atoms with Crippen molar-refractivity contribution in [3.63, 3.8) is 0 Å². The Morgan fingerprint density at radius 1 is 0.870 bits per heavy atom. The van der Waals surface area contributed by atoms with Crippen LogP contribution >= 0.6 is 0 Å².